The molecule has 1 aliphatic carbocycles. The summed E-state index contributed by atoms with van der Waals surface area (Å²) in [5.41, 5.74) is -1.60. The van der Waals surface area contributed by atoms with Crippen LogP contribution in [0.25, 0.3) is 5.69 Å². The number of benzene rings is 1. The number of aromatic nitrogens is 2. The molecule has 0 amide bonds. The van der Waals surface area contributed by atoms with Crippen molar-refractivity contribution < 1.29 is 21.6 Å². The highest BCUT2D eigenvalue weighted by atomic mass is 32.2. The number of rotatable bonds is 4. The minimum Gasteiger partial charge on any atom is -0.366 e. The quantitative estimate of drug-likeness (QED) is 0.851. The largest absolute Gasteiger partial charge is 0.436 e. The Morgan fingerprint density at radius 3 is 2.30 bits per heavy atom. The lowest BCUT2D eigenvalue weighted by atomic mass is 10.2. The highest BCUT2D eigenvalue weighted by Crippen LogP contribution is 2.36. The Balaban J connectivity index is 2.12. The van der Waals surface area contributed by atoms with Gasteiger partial charge in [0.2, 0.25) is 0 Å². The molecule has 1 aliphatic rings. The summed E-state index contributed by atoms with van der Waals surface area (Å²) in [6, 6.07) is 6.90. The zero-order valence-electron chi connectivity index (χ0n) is 14.4. The van der Waals surface area contributed by atoms with E-state index in [0.29, 0.717) is 0 Å². The van der Waals surface area contributed by atoms with Gasteiger partial charge in [-0.25, -0.2) is 13.1 Å². The Morgan fingerprint density at radius 2 is 1.81 bits per heavy atom. The molecule has 10 heteroatoms. The van der Waals surface area contributed by atoms with Crippen molar-refractivity contribution in [3.8, 4) is 11.8 Å². The molecule has 3 rings (SSSR count). The molecule has 1 aromatic heterocycles. The Bertz CT molecular complexity index is 983. The molecule has 0 radical (unpaired) electrons. The fourth-order valence-corrected chi connectivity index (χ4v) is 3.77. The molecule has 27 heavy (non-hydrogen) atoms. The standard InChI is InChI=1S/C17H17F3N4O2S/c1-27(25,26)13-8-6-12(7-9-13)24-16(22-11-4-2-3-5-11)14(10-21)15(23-24)17(18,19)20/h6-9,11,22H,2-5H2,1H3. The lowest BCUT2D eigenvalue weighted by Gasteiger charge is -2.15. The topological polar surface area (TPSA) is 87.8 Å². The van der Waals surface area contributed by atoms with Crippen molar-refractivity contribution in [1.29, 1.82) is 5.26 Å². The van der Waals surface area contributed by atoms with Gasteiger partial charge in [-0.2, -0.15) is 23.5 Å². The molecule has 1 aromatic carbocycles. The van der Waals surface area contributed by atoms with Crippen LogP contribution < -0.4 is 5.32 Å². The molecule has 0 atom stereocenters. The third-order valence-corrected chi connectivity index (χ3v) is 5.60. The smallest absolute Gasteiger partial charge is 0.366 e. The fourth-order valence-electron chi connectivity index (χ4n) is 3.14. The zero-order chi connectivity index (χ0) is 19.8. The first-order valence-electron chi connectivity index (χ1n) is 8.28. The first kappa shape index (κ1) is 19.2. The van der Waals surface area contributed by atoms with Crippen LogP contribution >= 0.6 is 0 Å². The number of nitrogens with one attached hydrogen (secondary N) is 1. The number of nitrogens with zero attached hydrogens (tertiary/aromatic N) is 3. The van der Waals surface area contributed by atoms with Crippen LogP contribution in [0.3, 0.4) is 0 Å². The van der Waals surface area contributed by atoms with Crippen LogP contribution in [0.15, 0.2) is 29.2 Å². The van der Waals surface area contributed by atoms with Crippen LogP contribution in [0.1, 0.15) is 36.9 Å². The molecule has 0 aliphatic heterocycles. The van der Waals surface area contributed by atoms with Crippen LogP contribution in [0.4, 0.5) is 19.0 Å². The van der Waals surface area contributed by atoms with Crippen LogP contribution in [0.5, 0.6) is 0 Å². The predicted molar refractivity (Wildman–Crippen MR) is 92.3 cm³/mol. The van der Waals surface area contributed by atoms with Crippen LogP contribution in [0, 0.1) is 11.3 Å². The maximum atomic E-state index is 13.3. The third-order valence-electron chi connectivity index (χ3n) is 4.47. The average molecular weight is 398 g/mol. The lowest BCUT2D eigenvalue weighted by Crippen LogP contribution is -2.18. The molecule has 0 unspecified atom stereocenters. The number of sulfone groups is 1. The summed E-state index contributed by atoms with van der Waals surface area (Å²) < 4.78 is 64.2. The summed E-state index contributed by atoms with van der Waals surface area (Å²) in [7, 11) is -3.44. The van der Waals surface area contributed by atoms with Gasteiger partial charge < -0.3 is 5.32 Å². The normalized spacial score (nSPS) is 15.7. The zero-order valence-corrected chi connectivity index (χ0v) is 15.2. The molecule has 1 saturated carbocycles. The summed E-state index contributed by atoms with van der Waals surface area (Å²) in [5, 5.41) is 16.0. The number of nitriles is 1. The fraction of sp³-hybridized carbons (Fsp3) is 0.412. The summed E-state index contributed by atoms with van der Waals surface area (Å²) in [5.74, 6) is -0.0242. The first-order chi connectivity index (χ1) is 12.6. The van der Waals surface area contributed by atoms with Crippen molar-refractivity contribution in [2.45, 2.75) is 42.8 Å². The summed E-state index contributed by atoms with van der Waals surface area (Å²) in [4.78, 5) is 0.0419. The maximum Gasteiger partial charge on any atom is 0.436 e. The Labute approximate surface area is 154 Å². The van der Waals surface area contributed by atoms with Crippen LogP contribution in [0.2, 0.25) is 0 Å². The molecule has 2 aromatic rings. The van der Waals surface area contributed by atoms with Gasteiger partial charge in [0.1, 0.15) is 17.5 Å². The molecule has 1 N–H and O–H groups in total. The van der Waals surface area contributed by atoms with E-state index in [9.17, 15) is 26.9 Å². The maximum absolute atomic E-state index is 13.3. The Hall–Kier alpha value is -2.54. The number of anilines is 1. The molecule has 144 valence electrons. The van der Waals surface area contributed by atoms with Gasteiger partial charge in [0.15, 0.2) is 15.5 Å². The lowest BCUT2D eigenvalue weighted by molar-refractivity contribution is -0.141. The van der Waals surface area contributed by atoms with Crippen LogP contribution in [-0.4, -0.2) is 30.5 Å². The van der Waals surface area contributed by atoms with Crippen molar-refractivity contribution in [2.24, 2.45) is 0 Å². The number of alkyl halides is 3. The van der Waals surface area contributed by atoms with Crippen molar-refractivity contribution in [2.75, 3.05) is 11.6 Å². The van der Waals surface area contributed by atoms with Gasteiger partial charge in [0, 0.05) is 12.3 Å². The monoisotopic (exact) mass is 398 g/mol. The Kier molecular flexibility index (Phi) is 4.90. The Morgan fingerprint density at radius 1 is 1.22 bits per heavy atom. The summed E-state index contributed by atoms with van der Waals surface area (Å²) in [6.45, 7) is 0. The second-order valence-electron chi connectivity index (χ2n) is 6.49. The summed E-state index contributed by atoms with van der Waals surface area (Å²) >= 11 is 0. The number of halogens is 3. The second kappa shape index (κ2) is 6.88. The van der Waals surface area contributed by atoms with E-state index >= 15 is 0 Å². The van der Waals surface area contributed by atoms with Gasteiger partial charge in [-0.3, -0.25) is 0 Å². The van der Waals surface area contributed by atoms with E-state index in [1.807, 2.05) is 0 Å². The SMILES string of the molecule is CS(=O)(=O)c1ccc(-n2nc(C(F)(F)F)c(C#N)c2NC2CCCC2)cc1. The summed E-state index contributed by atoms with van der Waals surface area (Å²) in [6.07, 6.45) is -0.228. The highest BCUT2D eigenvalue weighted by Gasteiger charge is 2.40. The molecule has 0 bridgehead atoms. The molecule has 1 fully saturated rings. The second-order valence-corrected chi connectivity index (χ2v) is 8.50. The average Bonchev–Trinajstić information content (AvgIpc) is 3.21. The van der Waals surface area contributed by atoms with E-state index in [4.69, 9.17) is 0 Å². The van der Waals surface area contributed by atoms with E-state index in [0.717, 1.165) is 36.6 Å². The molecule has 0 saturated heterocycles. The highest BCUT2D eigenvalue weighted by molar-refractivity contribution is 7.90. The number of hydrogen-bond acceptors (Lipinski definition) is 5. The molecular formula is C17H17F3N4O2S. The molecule has 6 nitrogen and oxygen atoms in total. The van der Waals surface area contributed by atoms with Crippen molar-refractivity contribution in [3.63, 3.8) is 0 Å². The third kappa shape index (κ3) is 3.93. The predicted octanol–water partition coefficient (Wildman–Crippen LogP) is 3.52. The van der Waals surface area contributed by atoms with Gasteiger partial charge >= 0.3 is 6.18 Å². The van der Waals surface area contributed by atoms with Gasteiger partial charge in [0.05, 0.1) is 10.6 Å². The van der Waals surface area contributed by atoms with Crippen molar-refractivity contribution in [1.82, 2.24) is 9.78 Å². The molecular weight excluding hydrogens is 381 g/mol. The minimum atomic E-state index is -4.78. The first-order valence-corrected chi connectivity index (χ1v) is 10.2. The minimum absolute atomic E-state index is 0.0242. The van der Waals surface area contributed by atoms with E-state index in [1.54, 1.807) is 6.07 Å². The van der Waals surface area contributed by atoms with Crippen molar-refractivity contribution in [3.05, 3.63) is 35.5 Å². The van der Waals surface area contributed by atoms with Crippen molar-refractivity contribution >= 4 is 15.7 Å². The van der Waals surface area contributed by atoms with Crippen LogP contribution in [-0.2, 0) is 16.0 Å². The number of hydrogen-bond donors (Lipinski definition) is 1. The molecule has 1 heterocycles. The van der Waals surface area contributed by atoms with E-state index < -0.39 is 27.3 Å². The van der Waals surface area contributed by atoms with E-state index in [1.165, 1.54) is 24.3 Å². The van der Waals surface area contributed by atoms with E-state index in [-0.39, 0.29) is 22.4 Å². The van der Waals surface area contributed by atoms with E-state index in [2.05, 4.69) is 10.4 Å². The van der Waals surface area contributed by atoms with Gasteiger partial charge in [-0.05, 0) is 37.1 Å². The van der Waals surface area contributed by atoms with Gasteiger partial charge in [-0.15, -0.1) is 0 Å². The van der Waals surface area contributed by atoms with Gasteiger partial charge in [-0.1, -0.05) is 12.8 Å². The molecule has 0 spiro atoms. The van der Waals surface area contributed by atoms with Gasteiger partial charge in [0.25, 0.3) is 0 Å².